The lowest BCUT2D eigenvalue weighted by molar-refractivity contribution is -0.271. The highest BCUT2D eigenvalue weighted by Gasteiger charge is 2.55. The quantitative estimate of drug-likeness (QED) is 0.653. The van der Waals surface area contributed by atoms with Crippen LogP contribution in [0.5, 0.6) is 0 Å². The van der Waals surface area contributed by atoms with Crippen LogP contribution >= 0.6 is 11.3 Å². The lowest BCUT2D eigenvalue weighted by Gasteiger charge is -2.39. The van der Waals surface area contributed by atoms with Crippen molar-refractivity contribution in [3.05, 3.63) is 31.3 Å². The Morgan fingerprint density at radius 1 is 1.09 bits per heavy atom. The van der Waals surface area contributed by atoms with E-state index < -0.39 is 74.0 Å². The monoisotopic (exact) mass is 501 g/mol. The minimum atomic E-state index is -4.85. The van der Waals surface area contributed by atoms with Crippen molar-refractivity contribution < 1.29 is 36.2 Å². The van der Waals surface area contributed by atoms with Gasteiger partial charge in [-0.3, -0.25) is 18.7 Å². The number of aliphatic hydroxyl groups is 1. The first kappa shape index (κ1) is 25.3. The highest BCUT2D eigenvalue weighted by atomic mass is 32.1. The number of likely N-dealkylation sites (tertiary alicyclic amines) is 1. The molecule has 0 atom stereocenters. The number of fused-ring (bicyclic) bond motifs is 1. The van der Waals surface area contributed by atoms with Gasteiger partial charge in [-0.1, -0.05) is 0 Å². The van der Waals surface area contributed by atoms with Crippen molar-refractivity contribution in [2.75, 3.05) is 13.1 Å². The van der Waals surface area contributed by atoms with Gasteiger partial charge >= 0.3 is 18.0 Å². The number of aromatic nitrogens is 2. The molecule has 1 fully saturated rings. The van der Waals surface area contributed by atoms with E-state index in [-0.39, 0.29) is 27.2 Å². The van der Waals surface area contributed by atoms with Crippen molar-refractivity contribution in [1.29, 1.82) is 0 Å². The number of rotatable bonds is 4. The smallest absolute Gasteiger partial charge is 0.380 e. The number of piperidine rings is 1. The van der Waals surface area contributed by atoms with Crippen molar-refractivity contribution in [2.45, 2.75) is 64.2 Å². The van der Waals surface area contributed by atoms with Crippen LogP contribution in [0.25, 0.3) is 10.2 Å². The van der Waals surface area contributed by atoms with Gasteiger partial charge in [-0.05, 0) is 19.4 Å². The Kier molecular flexibility index (Phi) is 6.48. The molecule has 14 heteroatoms. The number of halogens is 6. The van der Waals surface area contributed by atoms with Crippen LogP contribution in [0.1, 0.15) is 41.4 Å². The second-order valence-electron chi connectivity index (χ2n) is 7.91. The van der Waals surface area contributed by atoms with Crippen LogP contribution in [0.3, 0.4) is 0 Å². The number of thiophene rings is 1. The maximum atomic E-state index is 13.0. The molecule has 1 aliphatic rings. The van der Waals surface area contributed by atoms with E-state index >= 15 is 0 Å². The average Bonchev–Trinajstić information content (AvgIpc) is 3.04. The fourth-order valence-corrected chi connectivity index (χ4v) is 5.11. The molecule has 0 bridgehead atoms. The van der Waals surface area contributed by atoms with Gasteiger partial charge in [0.15, 0.2) is 5.60 Å². The van der Waals surface area contributed by atoms with E-state index in [0.29, 0.717) is 11.3 Å². The van der Waals surface area contributed by atoms with Gasteiger partial charge in [0.2, 0.25) is 0 Å². The molecule has 1 saturated heterocycles. The maximum absolute atomic E-state index is 13.0. The summed E-state index contributed by atoms with van der Waals surface area (Å²) >= 11 is 0.662. The minimum Gasteiger partial charge on any atom is -0.380 e. The second kappa shape index (κ2) is 8.46. The topological polar surface area (TPSA) is 84.5 Å². The minimum absolute atomic E-state index is 0.0476. The van der Waals surface area contributed by atoms with Crippen LogP contribution in [0.2, 0.25) is 0 Å². The number of alkyl halides is 6. The summed E-state index contributed by atoms with van der Waals surface area (Å²) in [5.74, 6) is -0.713. The number of nitrogens with zero attached hydrogens (tertiary/aromatic N) is 3. The maximum Gasteiger partial charge on any atom is 0.417 e. The van der Waals surface area contributed by atoms with Crippen molar-refractivity contribution in [3.63, 3.8) is 0 Å². The van der Waals surface area contributed by atoms with Crippen LogP contribution in [0.15, 0.2) is 9.59 Å². The molecule has 3 heterocycles. The summed E-state index contributed by atoms with van der Waals surface area (Å²) in [4.78, 5) is 39.4. The number of aryl methyl sites for hydroxylation is 2. The molecular weight excluding hydrogens is 480 g/mol. The molecule has 1 aliphatic heterocycles. The number of hydrogen-bond acceptors (Lipinski definition) is 5. The van der Waals surface area contributed by atoms with E-state index in [2.05, 4.69) is 0 Å². The van der Waals surface area contributed by atoms with Gasteiger partial charge in [-0.25, -0.2) is 4.79 Å². The molecule has 184 valence electrons. The molecule has 2 aromatic heterocycles. The molecule has 0 spiro atoms. The van der Waals surface area contributed by atoms with Crippen LogP contribution in [0, 0.1) is 6.92 Å². The molecule has 0 saturated carbocycles. The Hall–Kier alpha value is -2.35. The summed E-state index contributed by atoms with van der Waals surface area (Å²) < 4.78 is 79.1. The Morgan fingerprint density at radius 2 is 1.67 bits per heavy atom. The molecule has 33 heavy (non-hydrogen) atoms. The molecule has 0 aliphatic carbocycles. The summed E-state index contributed by atoms with van der Waals surface area (Å²) in [5, 5.41) is 9.72. The molecule has 0 radical (unpaired) electrons. The van der Waals surface area contributed by atoms with Gasteiger partial charge < -0.3 is 10.0 Å². The number of carbonyl (C=O) groups is 1. The highest BCUT2D eigenvalue weighted by Crippen LogP contribution is 2.39. The second-order valence-corrected chi connectivity index (χ2v) is 8.91. The number of hydrogen-bond donors (Lipinski definition) is 1. The van der Waals surface area contributed by atoms with Gasteiger partial charge in [0.05, 0.1) is 16.7 Å². The third-order valence-corrected chi connectivity index (χ3v) is 7.13. The Balaban J connectivity index is 2.04. The molecule has 2 aromatic rings. The van der Waals surface area contributed by atoms with Gasteiger partial charge in [0, 0.05) is 39.0 Å². The molecule has 1 N–H and O–H groups in total. The zero-order chi connectivity index (χ0) is 24.9. The number of amides is 1. The summed E-state index contributed by atoms with van der Waals surface area (Å²) in [6.07, 6.45) is -12.2. The highest BCUT2D eigenvalue weighted by molar-refractivity contribution is 7.20. The predicted octanol–water partition coefficient (Wildman–Crippen LogP) is 3.03. The van der Waals surface area contributed by atoms with Crippen LogP contribution in [-0.2, 0) is 13.1 Å². The van der Waals surface area contributed by atoms with Crippen molar-refractivity contribution >= 4 is 27.5 Å². The van der Waals surface area contributed by atoms with E-state index in [0.717, 1.165) is 14.0 Å². The van der Waals surface area contributed by atoms with Gasteiger partial charge in [-0.2, -0.15) is 26.3 Å². The summed E-state index contributed by atoms with van der Waals surface area (Å²) in [5.41, 5.74) is -4.46. The average molecular weight is 501 g/mol. The summed E-state index contributed by atoms with van der Waals surface area (Å²) in [6, 6.07) is 0. The van der Waals surface area contributed by atoms with E-state index in [9.17, 15) is 45.8 Å². The lowest BCUT2D eigenvalue weighted by atomic mass is 9.90. The van der Waals surface area contributed by atoms with Gasteiger partial charge in [-0.15, -0.1) is 11.3 Å². The van der Waals surface area contributed by atoms with E-state index in [1.165, 1.54) is 13.8 Å². The van der Waals surface area contributed by atoms with E-state index in [4.69, 9.17) is 0 Å². The first-order valence-corrected chi connectivity index (χ1v) is 10.8. The lowest BCUT2D eigenvalue weighted by Crippen LogP contribution is -2.54. The fourth-order valence-electron chi connectivity index (χ4n) is 3.82. The van der Waals surface area contributed by atoms with Gasteiger partial charge in [0.1, 0.15) is 4.83 Å². The molecule has 0 aromatic carbocycles. The fraction of sp³-hybridized carbons (Fsp3) is 0.632. The van der Waals surface area contributed by atoms with E-state index in [1.807, 2.05) is 0 Å². The normalized spacial score (nSPS) is 17.1. The Morgan fingerprint density at radius 3 is 2.15 bits per heavy atom. The molecule has 0 unspecified atom stereocenters. The first-order valence-electron chi connectivity index (χ1n) is 10.0. The van der Waals surface area contributed by atoms with Crippen molar-refractivity contribution in [1.82, 2.24) is 14.0 Å². The molecule has 3 rings (SSSR count). The van der Waals surface area contributed by atoms with Crippen molar-refractivity contribution in [2.24, 2.45) is 0 Å². The van der Waals surface area contributed by atoms with Crippen LogP contribution in [0.4, 0.5) is 26.3 Å². The number of carbonyl (C=O) groups excluding carboxylic acids is 1. The molecular formula is C19H21F6N3O4S. The molecule has 7 nitrogen and oxygen atoms in total. The predicted molar refractivity (Wildman–Crippen MR) is 108 cm³/mol. The molecule has 1 amide bonds. The summed E-state index contributed by atoms with van der Waals surface area (Å²) in [7, 11) is 0. The summed E-state index contributed by atoms with van der Waals surface area (Å²) in [6.45, 7) is 1.23. The zero-order valence-electron chi connectivity index (χ0n) is 17.6. The largest absolute Gasteiger partial charge is 0.417 e. The SMILES string of the molecule is CCn1c(=O)c2c(C)c(C(=O)N3CCC(O)(C(F)(F)F)CC3)sc2n(CCC(F)(F)F)c1=O. The first-order chi connectivity index (χ1) is 15.1. The van der Waals surface area contributed by atoms with Crippen molar-refractivity contribution in [3.8, 4) is 0 Å². The van der Waals surface area contributed by atoms with Crippen LogP contribution < -0.4 is 11.2 Å². The Labute approximate surface area is 186 Å². The van der Waals surface area contributed by atoms with E-state index in [1.54, 1.807) is 0 Å². The standard InChI is InChI=1S/C19H21F6N3O4S/c1-3-27-13(29)11-10(2)12(33-15(11)28(16(27)31)9-6-18(20,21)22)14(30)26-7-4-17(32,5-8-26)19(23,24)25/h32H,3-9H2,1-2H3. The Bertz CT molecular complexity index is 1190. The third-order valence-electron chi connectivity index (χ3n) is 5.83. The zero-order valence-corrected chi connectivity index (χ0v) is 18.5. The van der Waals surface area contributed by atoms with Gasteiger partial charge in [0.25, 0.3) is 11.5 Å². The third kappa shape index (κ3) is 4.54. The van der Waals surface area contributed by atoms with Crippen LogP contribution in [-0.4, -0.2) is 56.1 Å².